The Bertz CT molecular complexity index is 1230. The standard InChI is InChI=1S/C31H38N2O5/c1-22(26-16-10-14-23-13-8-9-15-27(23)26)33(30(36)38-31(2,3)4)20-25-19-32(37-18-17-29(34)35)21-28(25)24-11-6-5-7-12-24/h5-16,22,25,28H,17-21H2,1-4H3,(H,34,35)/t22-,25-,28-/m1/s1. The summed E-state index contributed by atoms with van der Waals surface area (Å²) in [4.78, 5) is 32.3. The quantitative estimate of drug-likeness (QED) is 0.360. The second kappa shape index (κ2) is 12.0. The van der Waals surface area contributed by atoms with E-state index in [-0.39, 0.29) is 37.0 Å². The number of rotatable bonds is 9. The molecule has 1 amide bonds. The van der Waals surface area contributed by atoms with Gasteiger partial charge in [-0.05, 0) is 55.5 Å². The average Bonchev–Trinajstić information content (AvgIpc) is 3.28. The van der Waals surface area contributed by atoms with E-state index in [1.165, 1.54) is 5.56 Å². The molecule has 0 spiro atoms. The van der Waals surface area contributed by atoms with Crippen LogP contribution in [0.25, 0.3) is 10.8 Å². The minimum Gasteiger partial charge on any atom is -0.481 e. The van der Waals surface area contributed by atoms with Gasteiger partial charge in [-0.3, -0.25) is 9.63 Å². The number of benzene rings is 3. The van der Waals surface area contributed by atoms with Crippen LogP contribution in [0.3, 0.4) is 0 Å². The molecule has 0 saturated carbocycles. The highest BCUT2D eigenvalue weighted by Crippen LogP contribution is 2.37. The van der Waals surface area contributed by atoms with Crippen LogP contribution in [0.1, 0.15) is 57.2 Å². The van der Waals surface area contributed by atoms with E-state index in [2.05, 4.69) is 43.3 Å². The topological polar surface area (TPSA) is 79.3 Å². The average molecular weight is 519 g/mol. The summed E-state index contributed by atoms with van der Waals surface area (Å²) in [6, 6.07) is 24.4. The van der Waals surface area contributed by atoms with Crippen molar-refractivity contribution in [2.75, 3.05) is 26.2 Å². The third-order valence-electron chi connectivity index (χ3n) is 7.03. The maximum atomic E-state index is 13.7. The predicted molar refractivity (Wildman–Crippen MR) is 148 cm³/mol. The van der Waals surface area contributed by atoms with Gasteiger partial charge in [0, 0.05) is 25.6 Å². The SMILES string of the molecule is C[C@H](c1cccc2ccccc12)N(C[C@H]1CN(OCCC(=O)O)C[C@@H]1c1ccccc1)C(=O)OC(C)(C)C. The van der Waals surface area contributed by atoms with Crippen molar-refractivity contribution in [3.05, 3.63) is 83.9 Å². The number of hydroxylamine groups is 2. The maximum absolute atomic E-state index is 13.7. The molecule has 0 aromatic heterocycles. The molecule has 1 N–H and O–H groups in total. The molecule has 0 radical (unpaired) electrons. The van der Waals surface area contributed by atoms with Crippen LogP contribution in [-0.4, -0.2) is 59.0 Å². The fraction of sp³-hybridized carbons (Fsp3) is 0.419. The van der Waals surface area contributed by atoms with Crippen molar-refractivity contribution >= 4 is 22.8 Å². The smallest absolute Gasteiger partial charge is 0.410 e. The number of hydrogen-bond donors (Lipinski definition) is 1. The summed E-state index contributed by atoms with van der Waals surface area (Å²) >= 11 is 0. The zero-order chi connectivity index (χ0) is 27.3. The molecule has 1 heterocycles. The van der Waals surface area contributed by atoms with Gasteiger partial charge in [-0.25, -0.2) is 4.79 Å². The molecule has 1 saturated heterocycles. The Kier molecular flexibility index (Phi) is 8.69. The molecule has 1 fully saturated rings. The Labute approximate surface area is 224 Å². The molecule has 7 nitrogen and oxygen atoms in total. The third-order valence-corrected chi connectivity index (χ3v) is 7.03. The van der Waals surface area contributed by atoms with Crippen molar-refractivity contribution in [2.45, 2.75) is 51.7 Å². The highest BCUT2D eigenvalue weighted by molar-refractivity contribution is 5.86. The molecule has 3 atom stereocenters. The Balaban J connectivity index is 1.65. The first-order valence-corrected chi connectivity index (χ1v) is 13.2. The zero-order valence-electron chi connectivity index (χ0n) is 22.7. The van der Waals surface area contributed by atoms with Gasteiger partial charge in [0.25, 0.3) is 0 Å². The van der Waals surface area contributed by atoms with Crippen LogP contribution in [0.2, 0.25) is 0 Å². The molecule has 38 heavy (non-hydrogen) atoms. The number of carbonyl (C=O) groups excluding carboxylic acids is 1. The summed E-state index contributed by atoms with van der Waals surface area (Å²) in [6.07, 6.45) is -0.408. The van der Waals surface area contributed by atoms with Crippen LogP contribution < -0.4 is 0 Å². The van der Waals surface area contributed by atoms with Gasteiger partial charge in [0.2, 0.25) is 0 Å². The fourth-order valence-corrected chi connectivity index (χ4v) is 5.21. The van der Waals surface area contributed by atoms with Gasteiger partial charge >= 0.3 is 12.1 Å². The summed E-state index contributed by atoms with van der Waals surface area (Å²) in [5.41, 5.74) is 1.61. The second-order valence-corrected chi connectivity index (χ2v) is 11.0. The van der Waals surface area contributed by atoms with E-state index in [9.17, 15) is 9.59 Å². The first kappa shape index (κ1) is 27.6. The molecule has 202 valence electrons. The van der Waals surface area contributed by atoms with E-state index in [1.807, 2.05) is 67.1 Å². The summed E-state index contributed by atoms with van der Waals surface area (Å²) in [5.74, 6) is -0.710. The number of hydrogen-bond acceptors (Lipinski definition) is 5. The predicted octanol–water partition coefficient (Wildman–Crippen LogP) is 6.26. The Hall–Kier alpha value is -3.42. The van der Waals surface area contributed by atoms with Crippen molar-refractivity contribution in [1.82, 2.24) is 9.96 Å². The lowest BCUT2D eigenvalue weighted by Gasteiger charge is -2.35. The van der Waals surface area contributed by atoms with Crippen molar-refractivity contribution in [3.63, 3.8) is 0 Å². The van der Waals surface area contributed by atoms with Crippen LogP contribution in [0.4, 0.5) is 4.79 Å². The van der Waals surface area contributed by atoms with E-state index in [4.69, 9.17) is 14.7 Å². The molecule has 4 rings (SSSR count). The van der Waals surface area contributed by atoms with Crippen LogP contribution in [0, 0.1) is 5.92 Å². The highest BCUT2D eigenvalue weighted by atomic mass is 16.7. The summed E-state index contributed by atoms with van der Waals surface area (Å²) in [7, 11) is 0. The van der Waals surface area contributed by atoms with Gasteiger partial charge in [-0.2, -0.15) is 5.06 Å². The number of aliphatic carboxylic acids is 1. The first-order chi connectivity index (χ1) is 18.1. The molecule has 0 bridgehead atoms. The number of nitrogens with zero attached hydrogens (tertiary/aromatic N) is 2. The lowest BCUT2D eigenvalue weighted by atomic mass is 9.88. The van der Waals surface area contributed by atoms with E-state index in [0.29, 0.717) is 19.6 Å². The fourth-order valence-electron chi connectivity index (χ4n) is 5.21. The number of amides is 1. The van der Waals surface area contributed by atoms with E-state index >= 15 is 0 Å². The second-order valence-electron chi connectivity index (χ2n) is 11.0. The van der Waals surface area contributed by atoms with Crippen molar-refractivity contribution < 1.29 is 24.3 Å². The largest absolute Gasteiger partial charge is 0.481 e. The molecular weight excluding hydrogens is 480 g/mol. The zero-order valence-corrected chi connectivity index (χ0v) is 22.7. The summed E-state index contributed by atoms with van der Waals surface area (Å²) < 4.78 is 5.90. The van der Waals surface area contributed by atoms with Crippen molar-refractivity contribution in [2.24, 2.45) is 5.92 Å². The molecule has 7 heteroatoms. The lowest BCUT2D eigenvalue weighted by molar-refractivity contribution is -0.158. The Morgan fingerprint density at radius 2 is 1.68 bits per heavy atom. The first-order valence-electron chi connectivity index (χ1n) is 13.2. The molecule has 0 aliphatic carbocycles. The molecule has 1 aliphatic rings. The molecule has 3 aromatic rings. The van der Waals surface area contributed by atoms with Gasteiger partial charge in [-0.1, -0.05) is 72.8 Å². The van der Waals surface area contributed by atoms with E-state index in [0.717, 1.165) is 16.3 Å². The number of carbonyl (C=O) groups is 2. The summed E-state index contributed by atoms with van der Waals surface area (Å²) in [6.45, 7) is 9.49. The van der Waals surface area contributed by atoms with Gasteiger partial charge in [0.15, 0.2) is 0 Å². The third kappa shape index (κ3) is 6.91. The minimum absolute atomic E-state index is 0.0562. The maximum Gasteiger partial charge on any atom is 0.410 e. The van der Waals surface area contributed by atoms with E-state index < -0.39 is 11.6 Å². The Morgan fingerprint density at radius 1 is 1.00 bits per heavy atom. The van der Waals surface area contributed by atoms with Gasteiger partial charge in [0.1, 0.15) is 5.60 Å². The monoisotopic (exact) mass is 518 g/mol. The van der Waals surface area contributed by atoms with E-state index in [1.54, 1.807) is 0 Å². The normalized spacial score (nSPS) is 18.8. The minimum atomic E-state index is -0.889. The van der Waals surface area contributed by atoms with Gasteiger partial charge < -0.3 is 14.7 Å². The number of carboxylic acids is 1. The van der Waals surface area contributed by atoms with Gasteiger partial charge in [0.05, 0.1) is 19.1 Å². The van der Waals surface area contributed by atoms with Crippen LogP contribution in [0.15, 0.2) is 72.8 Å². The summed E-state index contributed by atoms with van der Waals surface area (Å²) in [5, 5.41) is 13.1. The van der Waals surface area contributed by atoms with Crippen LogP contribution in [0.5, 0.6) is 0 Å². The lowest BCUT2D eigenvalue weighted by Crippen LogP contribution is -2.42. The van der Waals surface area contributed by atoms with Crippen LogP contribution >= 0.6 is 0 Å². The Morgan fingerprint density at radius 3 is 2.39 bits per heavy atom. The molecule has 0 unspecified atom stereocenters. The highest BCUT2D eigenvalue weighted by Gasteiger charge is 2.39. The molecule has 3 aromatic carbocycles. The molecule has 1 aliphatic heterocycles. The number of fused-ring (bicyclic) bond motifs is 1. The van der Waals surface area contributed by atoms with Crippen LogP contribution in [-0.2, 0) is 14.4 Å². The number of carboxylic acid groups (broad SMARTS) is 1. The molecular formula is C31H38N2O5. The van der Waals surface area contributed by atoms with Crippen molar-refractivity contribution in [1.29, 1.82) is 0 Å². The van der Waals surface area contributed by atoms with Crippen molar-refractivity contribution in [3.8, 4) is 0 Å². The number of ether oxygens (including phenoxy) is 1. The van der Waals surface area contributed by atoms with Gasteiger partial charge in [-0.15, -0.1) is 0 Å².